The molecule has 0 aliphatic heterocycles. The van der Waals surface area contributed by atoms with Crippen molar-refractivity contribution in [1.82, 2.24) is 20.3 Å². The van der Waals surface area contributed by atoms with Gasteiger partial charge in [0.05, 0.1) is 5.69 Å². The molecule has 96 valence electrons. The molecule has 0 radical (unpaired) electrons. The molecule has 1 atom stereocenters. The molecule has 0 saturated heterocycles. The van der Waals surface area contributed by atoms with Gasteiger partial charge in [0, 0.05) is 19.8 Å². The van der Waals surface area contributed by atoms with Gasteiger partial charge in [-0.25, -0.2) is 0 Å². The molecular weight excluding hydrogens is 212 g/mol. The van der Waals surface area contributed by atoms with E-state index in [0.717, 1.165) is 31.1 Å². The van der Waals surface area contributed by atoms with E-state index in [4.69, 9.17) is 0 Å². The Balaban J connectivity index is 1.95. The summed E-state index contributed by atoms with van der Waals surface area (Å²) >= 11 is 0. The molecule has 4 heteroatoms. The number of hydrogen-bond acceptors (Lipinski definition) is 3. The maximum absolute atomic E-state index is 4.22. The number of aromatic nitrogens is 3. The van der Waals surface area contributed by atoms with E-state index < -0.39 is 0 Å². The molecule has 1 aliphatic rings. The second kappa shape index (κ2) is 5.17. The summed E-state index contributed by atoms with van der Waals surface area (Å²) in [7, 11) is 1.93. The van der Waals surface area contributed by atoms with E-state index in [1.54, 1.807) is 4.68 Å². The van der Waals surface area contributed by atoms with Crippen LogP contribution in [0.2, 0.25) is 0 Å². The summed E-state index contributed by atoms with van der Waals surface area (Å²) in [6.45, 7) is 6.82. The minimum atomic E-state index is 0.352. The van der Waals surface area contributed by atoms with Crippen LogP contribution in [0.25, 0.3) is 0 Å². The maximum atomic E-state index is 4.22. The fraction of sp³-hybridized carbons (Fsp3) is 0.846. The standard InChI is InChI=1S/C13H24N4/c1-4-7-14-10-13(2,11-5-6-11)8-12-9-17(3)16-15-12/h9,11,14H,4-8,10H2,1-3H3. The summed E-state index contributed by atoms with van der Waals surface area (Å²) in [4.78, 5) is 0. The Morgan fingerprint density at radius 3 is 2.82 bits per heavy atom. The Morgan fingerprint density at radius 1 is 1.53 bits per heavy atom. The van der Waals surface area contributed by atoms with Crippen molar-refractivity contribution in [2.75, 3.05) is 13.1 Å². The Labute approximate surface area is 104 Å². The van der Waals surface area contributed by atoms with Crippen LogP contribution in [0.3, 0.4) is 0 Å². The van der Waals surface area contributed by atoms with Crippen LogP contribution >= 0.6 is 0 Å². The molecule has 4 nitrogen and oxygen atoms in total. The van der Waals surface area contributed by atoms with E-state index in [1.165, 1.54) is 19.3 Å². The highest BCUT2D eigenvalue weighted by Crippen LogP contribution is 2.46. The number of rotatable bonds is 7. The summed E-state index contributed by atoms with van der Waals surface area (Å²) in [6, 6.07) is 0. The average molecular weight is 236 g/mol. The molecule has 1 aromatic rings. The minimum Gasteiger partial charge on any atom is -0.316 e. The van der Waals surface area contributed by atoms with Crippen LogP contribution in [-0.2, 0) is 13.5 Å². The van der Waals surface area contributed by atoms with Crippen molar-refractivity contribution in [3.63, 3.8) is 0 Å². The molecule has 1 heterocycles. The number of hydrogen-bond donors (Lipinski definition) is 1. The molecule has 0 bridgehead atoms. The first-order valence-electron chi connectivity index (χ1n) is 6.70. The van der Waals surface area contributed by atoms with Crippen LogP contribution in [0.5, 0.6) is 0 Å². The number of nitrogens with one attached hydrogen (secondary N) is 1. The first-order valence-corrected chi connectivity index (χ1v) is 6.70. The van der Waals surface area contributed by atoms with Gasteiger partial charge < -0.3 is 5.32 Å². The normalized spacial score (nSPS) is 19.2. The Bertz CT molecular complexity index is 356. The lowest BCUT2D eigenvalue weighted by Crippen LogP contribution is -2.36. The van der Waals surface area contributed by atoms with E-state index in [-0.39, 0.29) is 0 Å². The van der Waals surface area contributed by atoms with Gasteiger partial charge in [0.15, 0.2) is 0 Å². The van der Waals surface area contributed by atoms with Crippen LogP contribution in [0.4, 0.5) is 0 Å². The third-order valence-electron chi connectivity index (χ3n) is 3.75. The SMILES string of the molecule is CCCNCC(C)(Cc1cn(C)nn1)C1CC1. The van der Waals surface area contributed by atoms with Crippen molar-refractivity contribution in [3.8, 4) is 0 Å². The summed E-state index contributed by atoms with van der Waals surface area (Å²) in [5.41, 5.74) is 1.48. The molecule has 1 aromatic heterocycles. The first-order chi connectivity index (χ1) is 8.14. The van der Waals surface area contributed by atoms with Crippen molar-refractivity contribution >= 4 is 0 Å². The zero-order valence-electron chi connectivity index (χ0n) is 11.2. The van der Waals surface area contributed by atoms with Crippen LogP contribution in [-0.4, -0.2) is 28.1 Å². The van der Waals surface area contributed by atoms with Gasteiger partial charge in [0.2, 0.25) is 0 Å². The molecule has 1 aliphatic carbocycles. The fourth-order valence-corrected chi connectivity index (χ4v) is 2.57. The highest BCUT2D eigenvalue weighted by molar-refractivity contribution is 5.03. The fourth-order valence-electron chi connectivity index (χ4n) is 2.57. The zero-order valence-corrected chi connectivity index (χ0v) is 11.2. The van der Waals surface area contributed by atoms with Crippen LogP contribution in [0.1, 0.15) is 38.8 Å². The van der Waals surface area contributed by atoms with E-state index in [2.05, 4.69) is 29.5 Å². The lowest BCUT2D eigenvalue weighted by atomic mass is 9.80. The Morgan fingerprint density at radius 2 is 2.29 bits per heavy atom. The highest BCUT2D eigenvalue weighted by atomic mass is 15.4. The molecule has 2 rings (SSSR count). The van der Waals surface area contributed by atoms with Crippen LogP contribution < -0.4 is 5.32 Å². The van der Waals surface area contributed by atoms with Gasteiger partial charge in [-0.2, -0.15) is 0 Å². The van der Waals surface area contributed by atoms with E-state index in [9.17, 15) is 0 Å². The molecule has 1 fully saturated rings. The number of nitrogens with zero attached hydrogens (tertiary/aromatic N) is 3. The third-order valence-corrected chi connectivity index (χ3v) is 3.75. The van der Waals surface area contributed by atoms with E-state index in [0.29, 0.717) is 5.41 Å². The summed E-state index contributed by atoms with van der Waals surface area (Å²) in [6.07, 6.45) is 7.05. The lowest BCUT2D eigenvalue weighted by Gasteiger charge is -2.29. The van der Waals surface area contributed by atoms with Crippen LogP contribution in [0, 0.1) is 11.3 Å². The quantitative estimate of drug-likeness (QED) is 0.734. The van der Waals surface area contributed by atoms with Crippen LogP contribution in [0.15, 0.2) is 6.20 Å². The van der Waals surface area contributed by atoms with Gasteiger partial charge in [0.25, 0.3) is 0 Å². The third kappa shape index (κ3) is 3.28. The largest absolute Gasteiger partial charge is 0.316 e. The molecule has 17 heavy (non-hydrogen) atoms. The first kappa shape index (κ1) is 12.6. The zero-order chi connectivity index (χ0) is 12.3. The molecular formula is C13H24N4. The van der Waals surface area contributed by atoms with Gasteiger partial charge in [-0.15, -0.1) is 5.10 Å². The lowest BCUT2D eigenvalue weighted by molar-refractivity contribution is 0.254. The van der Waals surface area contributed by atoms with Crippen molar-refractivity contribution in [1.29, 1.82) is 0 Å². The van der Waals surface area contributed by atoms with Crippen molar-refractivity contribution in [3.05, 3.63) is 11.9 Å². The topological polar surface area (TPSA) is 42.7 Å². The molecule has 0 aromatic carbocycles. The predicted octanol–water partition coefficient (Wildman–Crippen LogP) is 1.77. The molecule has 1 unspecified atom stereocenters. The summed E-state index contributed by atoms with van der Waals surface area (Å²) in [5, 5.41) is 11.8. The van der Waals surface area contributed by atoms with Gasteiger partial charge in [0.1, 0.15) is 0 Å². The molecule has 1 N–H and O–H groups in total. The molecule has 0 amide bonds. The predicted molar refractivity (Wildman–Crippen MR) is 68.7 cm³/mol. The number of aryl methyl sites for hydroxylation is 1. The Kier molecular flexibility index (Phi) is 3.82. The summed E-state index contributed by atoms with van der Waals surface area (Å²) < 4.78 is 1.79. The van der Waals surface area contributed by atoms with Gasteiger partial charge in [-0.05, 0) is 43.6 Å². The highest BCUT2D eigenvalue weighted by Gasteiger charge is 2.41. The van der Waals surface area contributed by atoms with Gasteiger partial charge in [-0.3, -0.25) is 4.68 Å². The van der Waals surface area contributed by atoms with Crippen molar-refractivity contribution in [2.24, 2.45) is 18.4 Å². The average Bonchev–Trinajstić information content (AvgIpc) is 3.05. The monoisotopic (exact) mass is 236 g/mol. The summed E-state index contributed by atoms with van der Waals surface area (Å²) in [5.74, 6) is 0.869. The van der Waals surface area contributed by atoms with Gasteiger partial charge >= 0.3 is 0 Å². The van der Waals surface area contributed by atoms with E-state index in [1.807, 2.05) is 13.2 Å². The second-order valence-electron chi connectivity index (χ2n) is 5.67. The smallest absolute Gasteiger partial charge is 0.0833 e. The maximum Gasteiger partial charge on any atom is 0.0833 e. The second-order valence-corrected chi connectivity index (χ2v) is 5.67. The van der Waals surface area contributed by atoms with Crippen molar-refractivity contribution < 1.29 is 0 Å². The Hall–Kier alpha value is -0.900. The van der Waals surface area contributed by atoms with Gasteiger partial charge in [-0.1, -0.05) is 19.1 Å². The minimum absolute atomic E-state index is 0.352. The molecule has 0 spiro atoms. The molecule has 1 saturated carbocycles. The van der Waals surface area contributed by atoms with Crippen molar-refractivity contribution in [2.45, 2.75) is 39.5 Å². The van der Waals surface area contributed by atoms with E-state index >= 15 is 0 Å².